The van der Waals surface area contributed by atoms with Gasteiger partial charge in [0.2, 0.25) is 5.95 Å². The molecule has 0 fully saturated rings. The lowest BCUT2D eigenvalue weighted by Crippen LogP contribution is -2.05. The Morgan fingerprint density at radius 1 is 1.39 bits per heavy atom. The van der Waals surface area contributed by atoms with Crippen LogP contribution < -0.4 is 4.74 Å². The Balaban J connectivity index is 1.94. The van der Waals surface area contributed by atoms with Crippen molar-refractivity contribution in [3.8, 4) is 5.75 Å². The van der Waals surface area contributed by atoms with Gasteiger partial charge in [-0.15, -0.1) is 0 Å². The molecule has 0 radical (unpaired) electrons. The second-order valence-corrected chi connectivity index (χ2v) is 4.15. The van der Waals surface area contributed by atoms with Gasteiger partial charge in [-0.1, -0.05) is 6.92 Å². The molecule has 0 aliphatic rings. The topological polar surface area (TPSA) is 39.9 Å². The number of halogens is 1. The van der Waals surface area contributed by atoms with E-state index in [1.807, 2.05) is 16.9 Å². The van der Waals surface area contributed by atoms with Crippen molar-refractivity contribution in [2.24, 2.45) is 0 Å². The highest BCUT2D eigenvalue weighted by atomic mass is 19.1. The fraction of sp³-hybridized carbons (Fsp3) is 0.385. The van der Waals surface area contributed by atoms with Gasteiger partial charge in [-0.2, -0.15) is 9.49 Å². The SMILES string of the molecule is CCC(C)n1ccc(COc2ccc(F)nc2)n1. The molecule has 0 saturated heterocycles. The van der Waals surface area contributed by atoms with E-state index in [4.69, 9.17) is 4.74 Å². The van der Waals surface area contributed by atoms with Crippen LogP contribution in [0.2, 0.25) is 0 Å². The van der Waals surface area contributed by atoms with Crippen LogP contribution in [0.15, 0.2) is 30.6 Å². The monoisotopic (exact) mass is 249 g/mol. The zero-order valence-electron chi connectivity index (χ0n) is 10.5. The molecule has 2 rings (SSSR count). The van der Waals surface area contributed by atoms with E-state index in [1.165, 1.54) is 12.3 Å². The summed E-state index contributed by atoms with van der Waals surface area (Å²) < 4.78 is 20.0. The van der Waals surface area contributed by atoms with Crippen LogP contribution in [0.4, 0.5) is 4.39 Å². The van der Waals surface area contributed by atoms with Crippen LogP contribution in [0, 0.1) is 5.95 Å². The molecular formula is C13H16FN3O. The minimum absolute atomic E-state index is 0.358. The van der Waals surface area contributed by atoms with Gasteiger partial charge in [0.1, 0.15) is 12.4 Å². The third kappa shape index (κ3) is 3.06. The van der Waals surface area contributed by atoms with E-state index in [0.29, 0.717) is 18.4 Å². The fourth-order valence-electron chi connectivity index (χ4n) is 1.49. The van der Waals surface area contributed by atoms with E-state index in [-0.39, 0.29) is 0 Å². The van der Waals surface area contributed by atoms with Crippen LogP contribution in [0.5, 0.6) is 5.75 Å². The number of nitrogens with zero attached hydrogens (tertiary/aromatic N) is 3. The molecule has 0 amide bonds. The second-order valence-electron chi connectivity index (χ2n) is 4.15. The van der Waals surface area contributed by atoms with Gasteiger partial charge in [-0.05, 0) is 31.5 Å². The van der Waals surface area contributed by atoms with E-state index >= 15 is 0 Å². The summed E-state index contributed by atoms with van der Waals surface area (Å²) in [6.45, 7) is 4.59. The molecule has 96 valence electrons. The lowest BCUT2D eigenvalue weighted by Gasteiger charge is -2.08. The number of pyridine rings is 1. The minimum atomic E-state index is -0.511. The van der Waals surface area contributed by atoms with Crippen molar-refractivity contribution in [1.82, 2.24) is 14.8 Å². The standard InChI is InChI=1S/C13H16FN3O/c1-3-10(2)17-7-6-11(16-17)9-18-12-4-5-13(14)15-8-12/h4-8,10H,3,9H2,1-2H3. The maximum atomic E-state index is 12.6. The Labute approximate surface area is 105 Å². The molecule has 0 aliphatic carbocycles. The summed E-state index contributed by atoms with van der Waals surface area (Å²) in [5, 5.41) is 4.41. The van der Waals surface area contributed by atoms with Crippen LogP contribution in [0.1, 0.15) is 32.0 Å². The summed E-state index contributed by atoms with van der Waals surface area (Å²) in [7, 11) is 0. The molecule has 4 nitrogen and oxygen atoms in total. The molecule has 2 aromatic rings. The molecule has 1 unspecified atom stereocenters. The molecule has 0 N–H and O–H groups in total. The first-order valence-corrected chi connectivity index (χ1v) is 5.97. The van der Waals surface area contributed by atoms with Crippen LogP contribution >= 0.6 is 0 Å². The van der Waals surface area contributed by atoms with Gasteiger partial charge in [0.05, 0.1) is 11.9 Å². The summed E-state index contributed by atoms with van der Waals surface area (Å²) in [4.78, 5) is 3.52. The minimum Gasteiger partial charge on any atom is -0.486 e. The van der Waals surface area contributed by atoms with E-state index in [0.717, 1.165) is 12.1 Å². The normalized spacial score (nSPS) is 12.4. The Kier molecular flexibility index (Phi) is 3.92. The first-order chi connectivity index (χ1) is 8.69. The number of aromatic nitrogens is 3. The molecule has 1 atom stereocenters. The summed E-state index contributed by atoms with van der Waals surface area (Å²) in [6, 6.07) is 5.12. The predicted molar refractivity (Wildman–Crippen MR) is 65.8 cm³/mol. The van der Waals surface area contributed by atoms with Crippen LogP contribution in [0.3, 0.4) is 0 Å². The van der Waals surface area contributed by atoms with E-state index in [9.17, 15) is 4.39 Å². The quantitative estimate of drug-likeness (QED) is 0.765. The number of rotatable bonds is 5. The number of ether oxygens (including phenoxy) is 1. The summed E-state index contributed by atoms with van der Waals surface area (Å²) in [5.41, 5.74) is 0.847. The molecular weight excluding hydrogens is 233 g/mol. The summed E-state index contributed by atoms with van der Waals surface area (Å²) >= 11 is 0. The Hall–Kier alpha value is -1.91. The molecule has 18 heavy (non-hydrogen) atoms. The third-order valence-corrected chi connectivity index (χ3v) is 2.79. The Morgan fingerprint density at radius 3 is 2.89 bits per heavy atom. The smallest absolute Gasteiger partial charge is 0.213 e. The Morgan fingerprint density at radius 2 is 2.22 bits per heavy atom. The van der Waals surface area contributed by atoms with Crippen molar-refractivity contribution in [2.75, 3.05) is 0 Å². The van der Waals surface area contributed by atoms with Gasteiger partial charge < -0.3 is 4.74 Å². The lowest BCUT2D eigenvalue weighted by molar-refractivity contribution is 0.296. The van der Waals surface area contributed by atoms with E-state index in [1.54, 1.807) is 6.07 Å². The fourth-order valence-corrected chi connectivity index (χ4v) is 1.49. The van der Waals surface area contributed by atoms with Crippen LogP contribution in [0.25, 0.3) is 0 Å². The largest absolute Gasteiger partial charge is 0.486 e. The van der Waals surface area contributed by atoms with Gasteiger partial charge in [0.15, 0.2) is 0 Å². The average molecular weight is 249 g/mol. The highest BCUT2D eigenvalue weighted by molar-refractivity contribution is 5.16. The Bertz CT molecular complexity index is 495. The highest BCUT2D eigenvalue weighted by Crippen LogP contribution is 2.12. The van der Waals surface area contributed by atoms with Gasteiger partial charge in [-0.3, -0.25) is 4.68 Å². The maximum Gasteiger partial charge on any atom is 0.213 e. The molecule has 2 heterocycles. The zero-order chi connectivity index (χ0) is 13.0. The number of hydrogen-bond donors (Lipinski definition) is 0. The van der Waals surface area contributed by atoms with Gasteiger partial charge in [0, 0.05) is 12.2 Å². The van der Waals surface area contributed by atoms with E-state index in [2.05, 4.69) is 23.9 Å². The van der Waals surface area contributed by atoms with Crippen LogP contribution in [-0.2, 0) is 6.61 Å². The third-order valence-electron chi connectivity index (χ3n) is 2.79. The predicted octanol–water partition coefficient (Wildman–Crippen LogP) is 2.97. The zero-order valence-corrected chi connectivity index (χ0v) is 10.5. The van der Waals surface area contributed by atoms with Gasteiger partial charge >= 0.3 is 0 Å². The molecule has 2 aromatic heterocycles. The summed E-state index contributed by atoms with van der Waals surface area (Å²) in [5.74, 6) is 0.0258. The van der Waals surface area contributed by atoms with Gasteiger partial charge in [-0.25, -0.2) is 4.98 Å². The molecule has 0 bridgehead atoms. The van der Waals surface area contributed by atoms with E-state index < -0.39 is 5.95 Å². The number of hydrogen-bond acceptors (Lipinski definition) is 3. The van der Waals surface area contributed by atoms with Crippen molar-refractivity contribution < 1.29 is 9.13 Å². The molecule has 0 saturated carbocycles. The summed E-state index contributed by atoms with van der Waals surface area (Å²) in [6.07, 6.45) is 4.33. The molecule has 0 spiro atoms. The first-order valence-electron chi connectivity index (χ1n) is 5.97. The van der Waals surface area contributed by atoms with Crippen molar-refractivity contribution in [2.45, 2.75) is 32.9 Å². The molecule has 0 aliphatic heterocycles. The van der Waals surface area contributed by atoms with Crippen molar-refractivity contribution in [3.63, 3.8) is 0 Å². The highest BCUT2D eigenvalue weighted by Gasteiger charge is 2.05. The van der Waals surface area contributed by atoms with Crippen molar-refractivity contribution >= 4 is 0 Å². The van der Waals surface area contributed by atoms with Crippen LogP contribution in [-0.4, -0.2) is 14.8 Å². The molecule has 0 aromatic carbocycles. The molecule has 5 heteroatoms. The van der Waals surface area contributed by atoms with Crippen molar-refractivity contribution in [3.05, 3.63) is 42.2 Å². The lowest BCUT2D eigenvalue weighted by atomic mass is 10.3. The second kappa shape index (κ2) is 5.62. The average Bonchev–Trinajstić information content (AvgIpc) is 2.86. The van der Waals surface area contributed by atoms with Crippen molar-refractivity contribution in [1.29, 1.82) is 0 Å². The maximum absolute atomic E-state index is 12.6. The van der Waals surface area contributed by atoms with Gasteiger partial charge in [0.25, 0.3) is 0 Å². The first kappa shape index (κ1) is 12.5.